The zero-order valence-corrected chi connectivity index (χ0v) is 19.7. The van der Waals surface area contributed by atoms with E-state index in [0.717, 1.165) is 29.0 Å². The maximum absolute atomic E-state index is 13.3. The molecule has 1 unspecified atom stereocenters. The number of sulfonamides is 1. The summed E-state index contributed by atoms with van der Waals surface area (Å²) in [5.41, 5.74) is 2.33. The summed E-state index contributed by atoms with van der Waals surface area (Å²) in [6.07, 6.45) is 3.30. The number of anilines is 3. The number of halogens is 1. The number of hydrogen-bond donors (Lipinski definition) is 1. The highest BCUT2D eigenvalue weighted by molar-refractivity contribution is 7.93. The standard InChI is InChI=1S/C22H19ClN4O4S2/c23-15-3-8-18-14(12-15)2-1-10-26(18)19-13-20(28)27(21(19)29)16-4-6-17(7-5-16)33(30,31)25-22-24-9-11-32-22/h3-9,11-12,19H,1-2,10,13H2,(H,24,25). The first-order valence-corrected chi connectivity index (χ1v) is 13.0. The van der Waals surface area contributed by atoms with Crippen molar-refractivity contribution in [3.8, 4) is 0 Å². The molecule has 2 aliphatic rings. The van der Waals surface area contributed by atoms with Gasteiger partial charge >= 0.3 is 0 Å². The van der Waals surface area contributed by atoms with Crippen LogP contribution >= 0.6 is 22.9 Å². The van der Waals surface area contributed by atoms with Gasteiger partial charge in [-0.15, -0.1) is 11.3 Å². The van der Waals surface area contributed by atoms with Crippen LogP contribution < -0.4 is 14.5 Å². The third-order valence-electron chi connectivity index (χ3n) is 5.75. The van der Waals surface area contributed by atoms with Gasteiger partial charge < -0.3 is 4.90 Å². The van der Waals surface area contributed by atoms with Crippen molar-refractivity contribution in [3.05, 3.63) is 64.6 Å². The zero-order chi connectivity index (χ0) is 23.2. The number of imide groups is 1. The average molecular weight is 503 g/mol. The second kappa shape index (κ2) is 8.44. The van der Waals surface area contributed by atoms with Gasteiger partial charge in [-0.05, 0) is 60.9 Å². The van der Waals surface area contributed by atoms with E-state index < -0.39 is 16.1 Å². The molecule has 1 atom stereocenters. The van der Waals surface area contributed by atoms with Crippen molar-refractivity contribution in [3.63, 3.8) is 0 Å². The molecule has 3 heterocycles. The Labute approximate surface area is 199 Å². The maximum Gasteiger partial charge on any atom is 0.263 e. The topological polar surface area (TPSA) is 99.7 Å². The highest BCUT2D eigenvalue weighted by atomic mass is 35.5. The molecular formula is C22H19ClN4O4S2. The molecule has 3 aromatic rings. The van der Waals surface area contributed by atoms with Crippen molar-refractivity contribution in [1.82, 2.24) is 4.98 Å². The molecular weight excluding hydrogens is 484 g/mol. The molecule has 11 heteroatoms. The molecule has 170 valence electrons. The van der Waals surface area contributed by atoms with E-state index in [0.29, 0.717) is 17.3 Å². The zero-order valence-electron chi connectivity index (χ0n) is 17.3. The van der Waals surface area contributed by atoms with Gasteiger partial charge in [-0.2, -0.15) is 0 Å². The van der Waals surface area contributed by atoms with Crippen LogP contribution in [0.1, 0.15) is 18.4 Å². The lowest BCUT2D eigenvalue weighted by molar-refractivity contribution is -0.121. The van der Waals surface area contributed by atoms with E-state index in [9.17, 15) is 18.0 Å². The molecule has 0 radical (unpaired) electrons. The first-order chi connectivity index (χ1) is 15.8. The van der Waals surface area contributed by atoms with Gasteiger partial charge in [0.15, 0.2) is 5.13 Å². The van der Waals surface area contributed by atoms with Crippen molar-refractivity contribution in [1.29, 1.82) is 0 Å². The number of carbonyl (C=O) groups excluding carboxylic acids is 2. The summed E-state index contributed by atoms with van der Waals surface area (Å²) in [5.74, 6) is -0.637. The molecule has 2 aromatic carbocycles. The Hall–Kier alpha value is -2.95. The average Bonchev–Trinajstić information content (AvgIpc) is 3.40. The summed E-state index contributed by atoms with van der Waals surface area (Å²) in [6, 6.07) is 10.7. The highest BCUT2D eigenvalue weighted by Crippen LogP contribution is 2.35. The molecule has 2 aliphatic heterocycles. The van der Waals surface area contributed by atoms with E-state index in [1.165, 1.54) is 41.8 Å². The van der Waals surface area contributed by atoms with Gasteiger partial charge in [-0.1, -0.05) is 11.6 Å². The van der Waals surface area contributed by atoms with Crippen LogP contribution in [0.3, 0.4) is 0 Å². The number of carbonyl (C=O) groups is 2. The molecule has 5 rings (SSSR count). The highest BCUT2D eigenvalue weighted by Gasteiger charge is 2.43. The van der Waals surface area contributed by atoms with Crippen LogP contribution in [0.15, 0.2) is 58.9 Å². The van der Waals surface area contributed by atoms with Crippen LogP contribution in [-0.4, -0.2) is 37.8 Å². The number of nitrogens with one attached hydrogen (secondary N) is 1. The van der Waals surface area contributed by atoms with Gasteiger partial charge in [0.25, 0.3) is 15.9 Å². The fraction of sp³-hybridized carbons (Fsp3) is 0.227. The minimum Gasteiger partial charge on any atom is -0.359 e. The lowest BCUT2D eigenvalue weighted by atomic mass is 9.99. The minimum atomic E-state index is -3.82. The Bertz CT molecular complexity index is 1330. The third-order valence-corrected chi connectivity index (χ3v) is 8.16. The van der Waals surface area contributed by atoms with E-state index in [1.807, 2.05) is 17.0 Å². The Balaban J connectivity index is 1.38. The van der Waals surface area contributed by atoms with E-state index in [4.69, 9.17) is 11.6 Å². The van der Waals surface area contributed by atoms with Gasteiger partial charge in [0.1, 0.15) is 6.04 Å². The Morgan fingerprint density at radius 3 is 2.64 bits per heavy atom. The quantitative estimate of drug-likeness (QED) is 0.534. The number of rotatable bonds is 5. The molecule has 1 saturated heterocycles. The molecule has 1 fully saturated rings. The molecule has 0 saturated carbocycles. The van der Waals surface area contributed by atoms with Crippen molar-refractivity contribution >= 4 is 61.3 Å². The first-order valence-electron chi connectivity index (χ1n) is 10.3. The first kappa shape index (κ1) is 21.9. The van der Waals surface area contributed by atoms with Crippen LogP contribution in [0.2, 0.25) is 5.02 Å². The number of hydrogen-bond acceptors (Lipinski definition) is 7. The van der Waals surface area contributed by atoms with Crippen molar-refractivity contribution < 1.29 is 18.0 Å². The number of amides is 2. The number of nitrogens with zero attached hydrogens (tertiary/aromatic N) is 3. The summed E-state index contributed by atoms with van der Waals surface area (Å²) in [6.45, 7) is 0.672. The van der Waals surface area contributed by atoms with Crippen LogP contribution in [0.25, 0.3) is 0 Å². The predicted molar refractivity (Wildman–Crippen MR) is 127 cm³/mol. The number of thiazole rings is 1. The molecule has 0 aliphatic carbocycles. The maximum atomic E-state index is 13.3. The van der Waals surface area contributed by atoms with E-state index in [-0.39, 0.29) is 28.3 Å². The van der Waals surface area contributed by atoms with E-state index >= 15 is 0 Å². The second-order valence-electron chi connectivity index (χ2n) is 7.79. The summed E-state index contributed by atoms with van der Waals surface area (Å²) >= 11 is 7.29. The van der Waals surface area contributed by atoms with Gasteiger partial charge in [-0.25, -0.2) is 18.3 Å². The van der Waals surface area contributed by atoms with E-state index in [2.05, 4.69) is 9.71 Å². The lowest BCUT2D eigenvalue weighted by Gasteiger charge is -2.35. The van der Waals surface area contributed by atoms with Crippen LogP contribution in [0.5, 0.6) is 0 Å². The van der Waals surface area contributed by atoms with Gasteiger partial charge in [0, 0.05) is 28.8 Å². The molecule has 0 bridgehead atoms. The monoisotopic (exact) mass is 502 g/mol. The largest absolute Gasteiger partial charge is 0.359 e. The fourth-order valence-electron chi connectivity index (χ4n) is 4.27. The lowest BCUT2D eigenvalue weighted by Crippen LogP contribution is -2.44. The molecule has 2 amide bonds. The van der Waals surface area contributed by atoms with Crippen LogP contribution in [0.4, 0.5) is 16.5 Å². The van der Waals surface area contributed by atoms with Crippen molar-refractivity contribution in [2.45, 2.75) is 30.2 Å². The Kier molecular flexibility index (Phi) is 5.59. The Morgan fingerprint density at radius 2 is 1.91 bits per heavy atom. The predicted octanol–water partition coefficient (Wildman–Crippen LogP) is 3.68. The van der Waals surface area contributed by atoms with Crippen LogP contribution in [-0.2, 0) is 26.0 Å². The van der Waals surface area contributed by atoms with Crippen molar-refractivity contribution in [2.75, 3.05) is 21.1 Å². The summed E-state index contributed by atoms with van der Waals surface area (Å²) in [5, 5.41) is 2.57. The number of aromatic nitrogens is 1. The minimum absolute atomic E-state index is 0.0129. The molecule has 33 heavy (non-hydrogen) atoms. The summed E-state index contributed by atoms with van der Waals surface area (Å²) in [7, 11) is -3.82. The molecule has 8 nitrogen and oxygen atoms in total. The van der Waals surface area contributed by atoms with Gasteiger partial charge in [0.05, 0.1) is 17.0 Å². The fourth-order valence-corrected chi connectivity index (χ4v) is 6.25. The van der Waals surface area contributed by atoms with Gasteiger partial charge in [0.2, 0.25) is 5.91 Å². The summed E-state index contributed by atoms with van der Waals surface area (Å²) in [4.78, 5) is 33.2. The number of aryl methyl sites for hydroxylation is 1. The van der Waals surface area contributed by atoms with Crippen molar-refractivity contribution in [2.24, 2.45) is 0 Å². The number of fused-ring (bicyclic) bond motifs is 1. The van der Waals surface area contributed by atoms with Crippen LogP contribution in [0, 0.1) is 0 Å². The second-order valence-corrected chi connectivity index (χ2v) is 10.8. The van der Waals surface area contributed by atoms with Gasteiger partial charge in [-0.3, -0.25) is 14.3 Å². The Morgan fingerprint density at radius 1 is 1.12 bits per heavy atom. The van der Waals surface area contributed by atoms with E-state index in [1.54, 1.807) is 11.4 Å². The SMILES string of the molecule is O=C1CC(N2CCCc3cc(Cl)ccc32)C(=O)N1c1ccc(S(=O)(=O)Nc2nccs2)cc1. The smallest absolute Gasteiger partial charge is 0.263 e. The normalized spacial score (nSPS) is 18.5. The molecule has 1 N–H and O–H groups in total. The molecule has 1 aromatic heterocycles. The summed E-state index contributed by atoms with van der Waals surface area (Å²) < 4.78 is 27.5. The number of benzene rings is 2. The third kappa shape index (κ3) is 4.09. The molecule has 0 spiro atoms.